The third-order valence-corrected chi connectivity index (χ3v) is 1.96. The molecule has 0 atom stereocenters. The maximum Gasteiger partial charge on any atom is 0.352 e. The molecule has 0 bridgehead atoms. The van der Waals surface area contributed by atoms with Crippen LogP contribution in [0.2, 0.25) is 0 Å². The van der Waals surface area contributed by atoms with E-state index in [-0.39, 0.29) is 5.69 Å². The van der Waals surface area contributed by atoms with Gasteiger partial charge in [0.05, 0.1) is 28.6 Å². The van der Waals surface area contributed by atoms with E-state index in [4.69, 9.17) is 5.11 Å². The second-order valence-electron chi connectivity index (χ2n) is 2.12. The molecule has 0 unspecified atom stereocenters. The number of hydrogen-bond acceptors (Lipinski definition) is 2. The van der Waals surface area contributed by atoms with Crippen molar-refractivity contribution in [1.82, 2.24) is 4.57 Å². The Kier molecular flexibility index (Phi) is 2.38. The molecule has 60 valence electrons. The van der Waals surface area contributed by atoms with Gasteiger partial charge in [0, 0.05) is 13.2 Å². The molecule has 0 aliphatic carbocycles. The highest BCUT2D eigenvalue weighted by molar-refractivity contribution is 14.1. The number of carboxylic acid groups (broad SMARTS) is 1. The molecule has 0 aromatic carbocycles. The number of rotatable bonds is 2. The van der Waals surface area contributed by atoms with Gasteiger partial charge in [0.15, 0.2) is 0 Å². The standard InChI is InChI=1S/C6H7IN2O2/c1-9-3-4(8-7)2-5(9)6(10)11/h2-3,8H,1H3,(H,10,11). The van der Waals surface area contributed by atoms with Crippen LogP contribution in [0.25, 0.3) is 0 Å². The summed E-state index contributed by atoms with van der Waals surface area (Å²) in [5.74, 6) is -0.912. The fourth-order valence-corrected chi connectivity index (χ4v) is 1.12. The Morgan fingerprint density at radius 1 is 1.82 bits per heavy atom. The lowest BCUT2D eigenvalue weighted by Crippen LogP contribution is -2.02. The first kappa shape index (κ1) is 8.38. The number of nitrogens with zero attached hydrogens (tertiary/aromatic N) is 1. The monoisotopic (exact) mass is 266 g/mol. The zero-order valence-corrected chi connectivity index (χ0v) is 7.99. The molecule has 1 aromatic heterocycles. The average molecular weight is 266 g/mol. The van der Waals surface area contributed by atoms with Gasteiger partial charge in [0.25, 0.3) is 0 Å². The molecule has 11 heavy (non-hydrogen) atoms. The van der Waals surface area contributed by atoms with E-state index in [1.54, 1.807) is 23.9 Å². The summed E-state index contributed by atoms with van der Waals surface area (Å²) in [5.41, 5.74) is 1.08. The highest BCUT2D eigenvalue weighted by Gasteiger charge is 2.08. The molecule has 5 heteroatoms. The fourth-order valence-electron chi connectivity index (χ4n) is 0.829. The molecule has 2 N–H and O–H groups in total. The first-order valence-electron chi connectivity index (χ1n) is 2.91. The average Bonchev–Trinajstić information content (AvgIpc) is 2.30. The SMILES string of the molecule is Cn1cc(NI)cc1C(=O)O. The van der Waals surface area contributed by atoms with E-state index in [9.17, 15) is 4.79 Å². The normalized spacial score (nSPS) is 9.64. The van der Waals surface area contributed by atoms with E-state index >= 15 is 0 Å². The summed E-state index contributed by atoms with van der Waals surface area (Å²) < 4.78 is 4.39. The molecule has 0 aliphatic heterocycles. The second-order valence-corrected chi connectivity index (χ2v) is 2.66. The highest BCUT2D eigenvalue weighted by atomic mass is 127. The minimum Gasteiger partial charge on any atom is -0.477 e. The molecular weight excluding hydrogens is 259 g/mol. The summed E-state index contributed by atoms with van der Waals surface area (Å²) in [6, 6.07) is 1.58. The van der Waals surface area contributed by atoms with E-state index in [0.29, 0.717) is 0 Å². The molecule has 0 fully saturated rings. The number of carbonyl (C=O) groups is 1. The zero-order chi connectivity index (χ0) is 8.43. The number of carboxylic acids is 1. The topological polar surface area (TPSA) is 54.3 Å². The van der Waals surface area contributed by atoms with Crippen LogP contribution in [0, 0.1) is 0 Å². The fraction of sp³-hybridized carbons (Fsp3) is 0.167. The Bertz CT molecular complexity index is 282. The van der Waals surface area contributed by atoms with Crippen LogP contribution in [-0.4, -0.2) is 15.6 Å². The lowest BCUT2D eigenvalue weighted by molar-refractivity contribution is 0.0686. The maximum absolute atomic E-state index is 10.5. The van der Waals surface area contributed by atoms with Crippen LogP contribution in [0.1, 0.15) is 10.5 Å². The van der Waals surface area contributed by atoms with Gasteiger partial charge in [-0.2, -0.15) is 0 Å². The van der Waals surface area contributed by atoms with Crippen molar-refractivity contribution in [2.75, 3.05) is 3.53 Å². The number of aromatic carboxylic acids is 1. The minimum absolute atomic E-state index is 0.282. The Hall–Kier alpha value is -0.720. The third-order valence-electron chi connectivity index (χ3n) is 1.33. The molecule has 0 saturated carbocycles. The molecule has 4 nitrogen and oxygen atoms in total. The Morgan fingerprint density at radius 2 is 2.45 bits per heavy atom. The maximum atomic E-state index is 10.5. The summed E-state index contributed by atoms with van der Waals surface area (Å²) in [5, 5.41) is 8.62. The Balaban J connectivity index is 3.07. The number of halogens is 1. The Labute approximate surface area is 77.7 Å². The molecule has 1 heterocycles. The number of hydrogen-bond donors (Lipinski definition) is 2. The molecule has 1 rings (SSSR count). The highest BCUT2D eigenvalue weighted by Crippen LogP contribution is 2.13. The minimum atomic E-state index is -0.912. The quantitative estimate of drug-likeness (QED) is 0.629. The van der Waals surface area contributed by atoms with Crippen LogP contribution < -0.4 is 3.53 Å². The van der Waals surface area contributed by atoms with Crippen molar-refractivity contribution in [2.24, 2.45) is 7.05 Å². The zero-order valence-electron chi connectivity index (χ0n) is 5.84. The van der Waals surface area contributed by atoms with Crippen molar-refractivity contribution < 1.29 is 9.90 Å². The van der Waals surface area contributed by atoms with Crippen molar-refractivity contribution in [3.8, 4) is 0 Å². The van der Waals surface area contributed by atoms with Crippen molar-refractivity contribution in [2.45, 2.75) is 0 Å². The molecule has 1 aromatic rings. The van der Waals surface area contributed by atoms with Crippen LogP contribution in [0.3, 0.4) is 0 Å². The molecular formula is C6H7IN2O2. The predicted octanol–water partition coefficient (Wildman–Crippen LogP) is 1.49. The van der Waals surface area contributed by atoms with Gasteiger partial charge in [-0.1, -0.05) is 0 Å². The van der Waals surface area contributed by atoms with E-state index in [2.05, 4.69) is 3.53 Å². The molecule has 0 saturated heterocycles. The van der Waals surface area contributed by atoms with Gasteiger partial charge in [-0.15, -0.1) is 0 Å². The van der Waals surface area contributed by atoms with Gasteiger partial charge in [-0.25, -0.2) is 4.79 Å². The summed E-state index contributed by atoms with van der Waals surface area (Å²) in [7, 11) is 1.70. The van der Waals surface area contributed by atoms with Gasteiger partial charge in [-0.3, -0.25) is 0 Å². The van der Waals surface area contributed by atoms with Crippen molar-refractivity contribution >= 4 is 34.5 Å². The van der Waals surface area contributed by atoms with Crippen LogP contribution in [-0.2, 0) is 7.05 Å². The molecule has 0 radical (unpaired) electrons. The van der Waals surface area contributed by atoms with Gasteiger partial charge in [0.2, 0.25) is 0 Å². The van der Waals surface area contributed by atoms with Crippen LogP contribution in [0.15, 0.2) is 12.3 Å². The van der Waals surface area contributed by atoms with E-state index in [1.807, 2.05) is 22.9 Å². The van der Waals surface area contributed by atoms with E-state index in [0.717, 1.165) is 5.69 Å². The van der Waals surface area contributed by atoms with Crippen LogP contribution in [0.5, 0.6) is 0 Å². The largest absolute Gasteiger partial charge is 0.477 e. The van der Waals surface area contributed by atoms with Crippen LogP contribution in [0.4, 0.5) is 5.69 Å². The van der Waals surface area contributed by atoms with Gasteiger partial charge >= 0.3 is 5.97 Å². The van der Waals surface area contributed by atoms with Gasteiger partial charge in [0.1, 0.15) is 5.69 Å². The van der Waals surface area contributed by atoms with Crippen molar-refractivity contribution in [1.29, 1.82) is 0 Å². The smallest absolute Gasteiger partial charge is 0.352 e. The first-order valence-corrected chi connectivity index (χ1v) is 3.99. The summed E-state index contributed by atoms with van der Waals surface area (Å²) in [6.07, 6.45) is 1.72. The molecule has 0 spiro atoms. The summed E-state index contributed by atoms with van der Waals surface area (Å²) in [4.78, 5) is 10.5. The number of aromatic nitrogens is 1. The second kappa shape index (κ2) is 3.12. The van der Waals surface area contributed by atoms with E-state index < -0.39 is 5.97 Å². The first-order chi connectivity index (χ1) is 5.15. The van der Waals surface area contributed by atoms with Crippen molar-refractivity contribution in [3.63, 3.8) is 0 Å². The van der Waals surface area contributed by atoms with Crippen LogP contribution >= 0.6 is 22.9 Å². The van der Waals surface area contributed by atoms with E-state index in [1.165, 1.54) is 0 Å². The summed E-state index contributed by atoms with van der Waals surface area (Å²) in [6.45, 7) is 0. The van der Waals surface area contributed by atoms with Gasteiger partial charge in [-0.05, 0) is 6.07 Å². The summed E-state index contributed by atoms with van der Waals surface area (Å²) >= 11 is 1.95. The molecule has 0 amide bonds. The predicted molar refractivity (Wildman–Crippen MR) is 50.0 cm³/mol. The Morgan fingerprint density at radius 3 is 2.73 bits per heavy atom. The number of aryl methyl sites for hydroxylation is 1. The molecule has 0 aliphatic rings. The number of anilines is 1. The van der Waals surface area contributed by atoms with Crippen molar-refractivity contribution in [3.05, 3.63) is 18.0 Å². The van der Waals surface area contributed by atoms with Gasteiger partial charge < -0.3 is 13.2 Å². The number of nitrogens with one attached hydrogen (secondary N) is 1. The lowest BCUT2D eigenvalue weighted by Gasteiger charge is -1.92. The lowest BCUT2D eigenvalue weighted by atomic mass is 10.4. The third kappa shape index (κ3) is 1.65.